The molecule has 0 fully saturated rings. The Labute approximate surface area is 348 Å². The van der Waals surface area contributed by atoms with E-state index in [9.17, 15) is 0 Å². The molecule has 1 aliphatic rings. The highest BCUT2D eigenvalue weighted by Crippen LogP contribution is 2.50. The van der Waals surface area contributed by atoms with E-state index in [-0.39, 0.29) is 5.41 Å². The third-order valence-electron chi connectivity index (χ3n) is 12.8. The molecular formula is C57H39N3. The highest BCUT2D eigenvalue weighted by Gasteiger charge is 2.35. The molecule has 0 amide bonds. The van der Waals surface area contributed by atoms with Crippen LogP contribution in [0.15, 0.2) is 200 Å². The molecule has 3 nitrogen and oxygen atoms in total. The van der Waals surface area contributed by atoms with Crippen molar-refractivity contribution in [2.75, 3.05) is 0 Å². The average molecular weight is 766 g/mol. The maximum absolute atomic E-state index is 4.98. The van der Waals surface area contributed by atoms with Crippen molar-refractivity contribution < 1.29 is 0 Å². The zero-order valence-electron chi connectivity index (χ0n) is 33.4. The molecule has 11 aromatic rings. The van der Waals surface area contributed by atoms with E-state index in [1.54, 1.807) is 0 Å². The number of hydrogen-bond acceptors (Lipinski definition) is 2. The first kappa shape index (κ1) is 34.4. The van der Waals surface area contributed by atoms with E-state index < -0.39 is 0 Å². The predicted octanol–water partition coefficient (Wildman–Crippen LogP) is 14.9. The van der Waals surface area contributed by atoms with Crippen LogP contribution in [0, 0.1) is 0 Å². The van der Waals surface area contributed by atoms with Crippen molar-refractivity contribution in [1.29, 1.82) is 0 Å². The molecule has 0 saturated carbocycles. The van der Waals surface area contributed by atoms with Gasteiger partial charge in [-0.05, 0) is 121 Å². The largest absolute Gasteiger partial charge is 0.309 e. The van der Waals surface area contributed by atoms with Crippen LogP contribution >= 0.6 is 0 Å². The normalized spacial score (nSPS) is 13.0. The van der Waals surface area contributed by atoms with Crippen LogP contribution in [-0.2, 0) is 5.41 Å². The van der Waals surface area contributed by atoms with Gasteiger partial charge >= 0.3 is 0 Å². The van der Waals surface area contributed by atoms with E-state index in [0.29, 0.717) is 5.82 Å². The van der Waals surface area contributed by atoms with E-state index in [4.69, 9.17) is 9.97 Å². The fourth-order valence-electron chi connectivity index (χ4n) is 9.81. The Balaban J connectivity index is 1.03. The van der Waals surface area contributed by atoms with Crippen molar-refractivity contribution in [2.45, 2.75) is 19.3 Å². The monoisotopic (exact) mass is 765 g/mol. The second-order valence-electron chi connectivity index (χ2n) is 16.6. The molecule has 0 saturated heterocycles. The molecule has 0 N–H and O–H groups in total. The summed E-state index contributed by atoms with van der Waals surface area (Å²) < 4.78 is 2.44. The topological polar surface area (TPSA) is 30.7 Å². The molecule has 0 bridgehead atoms. The van der Waals surface area contributed by atoms with Gasteiger partial charge < -0.3 is 4.57 Å². The zero-order valence-corrected chi connectivity index (χ0v) is 33.4. The van der Waals surface area contributed by atoms with Crippen molar-refractivity contribution >= 4 is 43.4 Å². The highest BCUT2D eigenvalue weighted by molar-refractivity contribution is 6.13. The minimum atomic E-state index is -0.0293. The van der Waals surface area contributed by atoms with Crippen molar-refractivity contribution in [2.24, 2.45) is 0 Å². The first-order chi connectivity index (χ1) is 29.5. The molecule has 0 unspecified atom stereocenters. The van der Waals surface area contributed by atoms with E-state index in [2.05, 4.69) is 188 Å². The van der Waals surface area contributed by atoms with Crippen molar-refractivity contribution in [1.82, 2.24) is 14.5 Å². The third kappa shape index (κ3) is 5.36. The van der Waals surface area contributed by atoms with Gasteiger partial charge in [0.25, 0.3) is 0 Å². The van der Waals surface area contributed by atoms with Crippen molar-refractivity contribution in [3.05, 3.63) is 211 Å². The summed E-state index contributed by atoms with van der Waals surface area (Å²) in [6.45, 7) is 4.69. The molecule has 3 heteroatoms. The van der Waals surface area contributed by atoms with Gasteiger partial charge in [0, 0.05) is 39.2 Å². The van der Waals surface area contributed by atoms with Crippen LogP contribution in [0.1, 0.15) is 25.0 Å². The summed E-state index contributed by atoms with van der Waals surface area (Å²) >= 11 is 0. The van der Waals surface area contributed by atoms with Crippen LogP contribution in [0.4, 0.5) is 0 Å². The van der Waals surface area contributed by atoms with Crippen LogP contribution in [0.5, 0.6) is 0 Å². The van der Waals surface area contributed by atoms with Gasteiger partial charge in [-0.2, -0.15) is 0 Å². The second-order valence-corrected chi connectivity index (χ2v) is 16.6. The highest BCUT2D eigenvalue weighted by atomic mass is 15.0. The molecule has 2 heterocycles. The summed E-state index contributed by atoms with van der Waals surface area (Å²) in [7, 11) is 0. The Bertz CT molecular complexity index is 3520. The van der Waals surface area contributed by atoms with Gasteiger partial charge in [-0.3, -0.25) is 0 Å². The lowest BCUT2D eigenvalue weighted by molar-refractivity contribution is 0.660. The average Bonchev–Trinajstić information content (AvgIpc) is 3.76. The molecule has 60 heavy (non-hydrogen) atoms. The van der Waals surface area contributed by atoms with Gasteiger partial charge in [0.1, 0.15) is 0 Å². The van der Waals surface area contributed by atoms with E-state index in [1.807, 2.05) is 30.5 Å². The van der Waals surface area contributed by atoms with Crippen molar-refractivity contribution in [3.63, 3.8) is 0 Å². The summed E-state index contributed by atoms with van der Waals surface area (Å²) in [6, 6.07) is 70.8. The summed E-state index contributed by atoms with van der Waals surface area (Å²) in [4.78, 5) is 9.68. The van der Waals surface area contributed by atoms with Crippen molar-refractivity contribution in [3.8, 4) is 61.7 Å². The quantitative estimate of drug-likeness (QED) is 0.163. The van der Waals surface area contributed by atoms with E-state index in [1.165, 1.54) is 76.7 Å². The minimum Gasteiger partial charge on any atom is -0.309 e. The third-order valence-corrected chi connectivity index (χ3v) is 12.8. The van der Waals surface area contributed by atoms with Crippen LogP contribution in [0.25, 0.3) is 105 Å². The molecular weight excluding hydrogens is 727 g/mol. The van der Waals surface area contributed by atoms with Crippen LogP contribution < -0.4 is 0 Å². The summed E-state index contributed by atoms with van der Waals surface area (Å²) in [5.74, 6) is 0.713. The smallest absolute Gasteiger partial charge is 0.159 e. The molecule has 0 radical (unpaired) electrons. The Morgan fingerprint density at radius 2 is 1.03 bits per heavy atom. The lowest BCUT2D eigenvalue weighted by Gasteiger charge is -2.21. The van der Waals surface area contributed by atoms with Gasteiger partial charge in [-0.15, -0.1) is 0 Å². The number of rotatable bonds is 5. The fourth-order valence-corrected chi connectivity index (χ4v) is 9.81. The lowest BCUT2D eigenvalue weighted by atomic mass is 9.82. The molecule has 0 atom stereocenters. The zero-order chi connectivity index (χ0) is 40.0. The Morgan fingerprint density at radius 3 is 1.87 bits per heavy atom. The molecule has 2 aromatic heterocycles. The number of aromatic nitrogens is 3. The first-order valence-electron chi connectivity index (χ1n) is 20.7. The fraction of sp³-hybridized carbons (Fsp3) is 0.0526. The predicted molar refractivity (Wildman–Crippen MR) is 251 cm³/mol. The number of benzene rings is 9. The number of fused-ring (bicyclic) bond motifs is 9. The minimum absolute atomic E-state index is 0.0293. The van der Waals surface area contributed by atoms with E-state index in [0.717, 1.165) is 33.6 Å². The Hall–Kier alpha value is -7.62. The Morgan fingerprint density at radius 1 is 0.400 bits per heavy atom. The number of hydrogen-bond donors (Lipinski definition) is 0. The van der Waals surface area contributed by atoms with Gasteiger partial charge in [0.2, 0.25) is 0 Å². The van der Waals surface area contributed by atoms with Gasteiger partial charge in [0.05, 0.1) is 16.7 Å². The maximum atomic E-state index is 4.98. The van der Waals surface area contributed by atoms with E-state index >= 15 is 0 Å². The van der Waals surface area contributed by atoms with Gasteiger partial charge in [-0.25, -0.2) is 9.97 Å². The SMILES string of the molecule is CC1(C)c2ccccc2-c2cc(-c3ccc4c(c3)c3cc(-c5cccc(-c6nccc(-c7ccccc7)n6)c5)ccc3n4-c3ccc4c(ccc5ccccc54)c3)ccc21. The molecule has 282 valence electrons. The maximum Gasteiger partial charge on any atom is 0.159 e. The summed E-state index contributed by atoms with van der Waals surface area (Å²) in [5.41, 5.74) is 16.6. The number of nitrogens with zero attached hydrogens (tertiary/aromatic N) is 3. The summed E-state index contributed by atoms with van der Waals surface area (Å²) in [6.07, 6.45) is 1.85. The first-order valence-corrected chi connectivity index (χ1v) is 20.7. The standard InChI is InChI=1S/C57H39N3/c1-57(2)51-18-9-8-17-47(51)48-33-39(21-26-52(48)57)41-23-28-55-50(35-41)49-34-40(38-14-10-15-43(31-38)56-58-30-29-53(59-56)37-12-4-3-5-13-37)22-27-54(49)60(55)44-24-25-46-42(32-44)20-19-36-11-6-7-16-45(36)46/h3-35H,1-2H3. The van der Waals surface area contributed by atoms with Crippen LogP contribution in [0.3, 0.4) is 0 Å². The summed E-state index contributed by atoms with van der Waals surface area (Å²) in [5, 5.41) is 7.46. The second kappa shape index (κ2) is 13.2. The molecule has 9 aromatic carbocycles. The lowest BCUT2D eigenvalue weighted by Crippen LogP contribution is -2.14. The Kier molecular flexibility index (Phi) is 7.58. The van der Waals surface area contributed by atoms with Crippen LogP contribution in [-0.4, -0.2) is 14.5 Å². The molecule has 0 aliphatic heterocycles. The molecule has 1 aliphatic carbocycles. The molecule has 12 rings (SSSR count). The van der Waals surface area contributed by atoms with Gasteiger partial charge in [0.15, 0.2) is 5.82 Å². The van der Waals surface area contributed by atoms with Gasteiger partial charge in [-0.1, -0.05) is 153 Å². The molecule has 0 spiro atoms. The van der Waals surface area contributed by atoms with Crippen LogP contribution in [0.2, 0.25) is 0 Å².